The molecule has 1 aromatic heterocycles. The lowest BCUT2D eigenvalue weighted by atomic mass is 10.2. The average Bonchev–Trinajstić information content (AvgIpc) is 2.72. The van der Waals surface area contributed by atoms with Gasteiger partial charge in [0.15, 0.2) is 0 Å². The van der Waals surface area contributed by atoms with Crippen molar-refractivity contribution in [3.8, 4) is 17.1 Å². The molecular weight excluding hydrogens is 252 g/mol. The van der Waals surface area contributed by atoms with Crippen LogP contribution in [0.5, 0.6) is 5.88 Å². The molecule has 0 atom stereocenters. The van der Waals surface area contributed by atoms with Gasteiger partial charge in [-0.2, -0.15) is 4.40 Å². The third-order valence-corrected chi connectivity index (χ3v) is 3.54. The van der Waals surface area contributed by atoms with E-state index in [1.54, 1.807) is 8.97 Å². The lowest BCUT2D eigenvalue weighted by Gasteiger charge is -2.08. The lowest BCUT2D eigenvalue weighted by Crippen LogP contribution is -2.27. The minimum atomic E-state index is -0.212. The van der Waals surface area contributed by atoms with Gasteiger partial charge in [0.05, 0.1) is 6.04 Å². The molecule has 1 aliphatic carbocycles. The fourth-order valence-electron chi connectivity index (χ4n) is 2.74. The van der Waals surface area contributed by atoms with Crippen molar-refractivity contribution in [1.29, 1.82) is 0 Å². The molecule has 4 nitrogen and oxygen atoms in total. The first-order valence-electron chi connectivity index (χ1n) is 6.68. The van der Waals surface area contributed by atoms with E-state index < -0.39 is 0 Å². The molecule has 0 saturated heterocycles. The van der Waals surface area contributed by atoms with Gasteiger partial charge in [0, 0.05) is 18.6 Å². The number of imidazole rings is 1. The molecule has 0 radical (unpaired) electrons. The molecule has 0 saturated carbocycles. The summed E-state index contributed by atoms with van der Waals surface area (Å²) in [5.41, 5.74) is 2.90. The van der Waals surface area contributed by atoms with Gasteiger partial charge in [0.2, 0.25) is 11.5 Å². The Labute approximate surface area is 117 Å². The van der Waals surface area contributed by atoms with Crippen molar-refractivity contribution in [1.82, 2.24) is 4.57 Å². The van der Waals surface area contributed by atoms with Crippen LogP contribution in [0.3, 0.4) is 0 Å². The standard InChI is InChI=1S/C16H16N2O2/c1-10(2)17-14-9-12-7-5-4-6-8-13(12)18(14)15(11(3)19)16(17)20/h4-10H,1-3H3. The average molecular weight is 268 g/mol. The van der Waals surface area contributed by atoms with Crippen LogP contribution in [0, 0.1) is 0 Å². The third-order valence-electron chi connectivity index (χ3n) is 3.54. The van der Waals surface area contributed by atoms with E-state index in [1.165, 1.54) is 6.92 Å². The Morgan fingerprint density at radius 3 is 2.60 bits per heavy atom. The van der Waals surface area contributed by atoms with Gasteiger partial charge in [0.1, 0.15) is 11.6 Å². The number of hydrogen-bond acceptors (Lipinski definition) is 2. The molecule has 1 aromatic rings. The summed E-state index contributed by atoms with van der Waals surface area (Å²) in [6, 6.07) is 11.7. The van der Waals surface area contributed by atoms with Crippen LogP contribution in [-0.4, -0.2) is 10.4 Å². The van der Waals surface area contributed by atoms with Gasteiger partial charge in [-0.25, -0.2) is 4.57 Å². The molecule has 0 spiro atoms. The van der Waals surface area contributed by atoms with Crippen LogP contribution in [0.15, 0.2) is 36.4 Å². The highest BCUT2D eigenvalue weighted by Crippen LogP contribution is 2.28. The maximum absolute atomic E-state index is 12.5. The van der Waals surface area contributed by atoms with Crippen LogP contribution < -0.4 is 9.51 Å². The van der Waals surface area contributed by atoms with Crippen molar-refractivity contribution in [2.24, 2.45) is 0 Å². The van der Waals surface area contributed by atoms with E-state index >= 15 is 0 Å². The van der Waals surface area contributed by atoms with Gasteiger partial charge in [-0.05, 0) is 19.9 Å². The van der Waals surface area contributed by atoms with Crippen LogP contribution in [-0.2, 0) is 0 Å². The maximum atomic E-state index is 12.5. The van der Waals surface area contributed by atoms with Crippen molar-refractivity contribution in [3.63, 3.8) is 0 Å². The summed E-state index contributed by atoms with van der Waals surface area (Å²) >= 11 is 0. The highest BCUT2D eigenvalue weighted by molar-refractivity contribution is 5.93. The van der Waals surface area contributed by atoms with Crippen molar-refractivity contribution in [2.45, 2.75) is 26.8 Å². The molecule has 0 amide bonds. The molecule has 1 aliphatic heterocycles. The highest BCUT2D eigenvalue weighted by Gasteiger charge is 2.29. The fourth-order valence-corrected chi connectivity index (χ4v) is 2.74. The number of aromatic nitrogens is 2. The zero-order chi connectivity index (χ0) is 14.4. The van der Waals surface area contributed by atoms with E-state index in [9.17, 15) is 9.90 Å². The SMILES string of the molecule is CC(=O)c1c([O-])n(C(C)C)c2cc3cccccc-3[n+]12. The molecule has 0 N–H and O–H groups in total. The molecular formula is C16H16N2O2. The van der Waals surface area contributed by atoms with E-state index in [4.69, 9.17) is 0 Å². The third kappa shape index (κ3) is 1.61. The Hall–Kier alpha value is -2.36. The van der Waals surface area contributed by atoms with Gasteiger partial charge < -0.3 is 5.11 Å². The van der Waals surface area contributed by atoms with Crippen LogP contribution in [0.2, 0.25) is 0 Å². The Kier molecular flexibility index (Phi) is 2.74. The fraction of sp³-hybridized carbons (Fsp3) is 0.250. The van der Waals surface area contributed by atoms with E-state index in [0.717, 1.165) is 16.9 Å². The Bertz CT molecular complexity index is 787. The number of fused-ring (bicyclic) bond motifs is 3. The van der Waals surface area contributed by atoms with Crippen LogP contribution in [0.1, 0.15) is 37.3 Å². The van der Waals surface area contributed by atoms with Gasteiger partial charge in [0.25, 0.3) is 5.65 Å². The van der Waals surface area contributed by atoms with E-state index in [1.807, 2.05) is 50.2 Å². The molecule has 0 fully saturated rings. The molecule has 0 bridgehead atoms. The number of carbonyl (C=O) groups is 1. The molecule has 20 heavy (non-hydrogen) atoms. The Morgan fingerprint density at radius 1 is 1.25 bits per heavy atom. The summed E-state index contributed by atoms with van der Waals surface area (Å²) in [7, 11) is 0. The molecule has 2 heterocycles. The second-order valence-electron chi connectivity index (χ2n) is 5.26. The summed E-state index contributed by atoms with van der Waals surface area (Å²) in [4.78, 5) is 11.9. The molecule has 4 heteroatoms. The molecule has 0 unspecified atom stereocenters. The molecule has 3 rings (SSSR count). The van der Waals surface area contributed by atoms with Crippen LogP contribution in [0.25, 0.3) is 16.9 Å². The monoisotopic (exact) mass is 268 g/mol. The first-order valence-corrected chi connectivity index (χ1v) is 6.68. The predicted octanol–water partition coefficient (Wildman–Crippen LogP) is 2.19. The number of carbonyl (C=O) groups excluding carboxylic acids is 1. The van der Waals surface area contributed by atoms with Gasteiger partial charge in [-0.1, -0.05) is 24.3 Å². The molecule has 102 valence electrons. The maximum Gasteiger partial charge on any atom is 0.287 e. The van der Waals surface area contributed by atoms with E-state index in [2.05, 4.69) is 0 Å². The topological polar surface area (TPSA) is 49.2 Å². The summed E-state index contributed by atoms with van der Waals surface area (Å²) in [6.07, 6.45) is 0. The summed E-state index contributed by atoms with van der Waals surface area (Å²) in [6.45, 7) is 5.33. The number of Topliss-reactive ketones (excluding diaryl/α,β-unsaturated/α-hetero) is 1. The summed E-state index contributed by atoms with van der Waals surface area (Å²) < 4.78 is 3.46. The van der Waals surface area contributed by atoms with Gasteiger partial charge in [-0.15, -0.1) is 0 Å². The van der Waals surface area contributed by atoms with Crippen molar-refractivity contribution < 1.29 is 14.3 Å². The molecule has 0 aromatic carbocycles. The number of ketones is 1. The first-order chi connectivity index (χ1) is 9.52. The lowest BCUT2D eigenvalue weighted by molar-refractivity contribution is -0.500. The van der Waals surface area contributed by atoms with Gasteiger partial charge in [-0.3, -0.25) is 4.79 Å². The largest absolute Gasteiger partial charge is 0.839 e. The Morgan fingerprint density at radius 2 is 1.95 bits per heavy atom. The zero-order valence-electron chi connectivity index (χ0n) is 11.8. The highest BCUT2D eigenvalue weighted by atomic mass is 16.3. The van der Waals surface area contributed by atoms with Crippen LogP contribution >= 0.6 is 0 Å². The second-order valence-corrected chi connectivity index (χ2v) is 5.26. The first kappa shape index (κ1) is 12.7. The Balaban J connectivity index is 2.54. The minimum absolute atomic E-state index is 0.0103. The normalized spacial score (nSPS) is 11.6. The molecule has 2 aliphatic rings. The summed E-state index contributed by atoms with van der Waals surface area (Å²) in [5.74, 6) is -0.417. The van der Waals surface area contributed by atoms with E-state index in [0.29, 0.717) is 0 Å². The van der Waals surface area contributed by atoms with E-state index in [-0.39, 0.29) is 23.4 Å². The number of hydrogen-bond donors (Lipinski definition) is 0. The quantitative estimate of drug-likeness (QED) is 0.528. The zero-order valence-corrected chi connectivity index (χ0v) is 11.8. The summed E-state index contributed by atoms with van der Waals surface area (Å²) in [5, 5.41) is 12.5. The van der Waals surface area contributed by atoms with Crippen molar-refractivity contribution >= 4 is 11.4 Å². The minimum Gasteiger partial charge on any atom is -0.839 e. The van der Waals surface area contributed by atoms with Crippen molar-refractivity contribution in [2.75, 3.05) is 0 Å². The predicted molar refractivity (Wildman–Crippen MR) is 74.0 cm³/mol. The number of rotatable bonds is 2. The number of nitrogens with zero attached hydrogens (tertiary/aromatic N) is 2. The smallest absolute Gasteiger partial charge is 0.287 e. The van der Waals surface area contributed by atoms with Gasteiger partial charge >= 0.3 is 0 Å². The van der Waals surface area contributed by atoms with Crippen molar-refractivity contribution in [3.05, 3.63) is 42.1 Å². The second kappa shape index (κ2) is 4.34. The van der Waals surface area contributed by atoms with Crippen LogP contribution in [0.4, 0.5) is 0 Å².